The Hall–Kier alpha value is -2.64. The molecule has 0 spiro atoms. The van der Waals surface area contributed by atoms with Crippen LogP contribution in [0.2, 0.25) is 5.02 Å². The number of halogens is 1. The van der Waals surface area contributed by atoms with Crippen LogP contribution in [-0.2, 0) is 0 Å². The highest BCUT2D eigenvalue weighted by molar-refractivity contribution is 6.36. The zero-order valence-corrected chi connectivity index (χ0v) is 13.0. The Labute approximate surface area is 139 Å². The molecular weight excluding hydrogens is 304 g/mol. The molecule has 0 aliphatic rings. The van der Waals surface area contributed by atoms with Gasteiger partial charge in [-0.3, -0.25) is 4.79 Å². The Morgan fingerprint density at radius 3 is 2.09 bits per heavy atom. The van der Waals surface area contributed by atoms with Gasteiger partial charge in [-0.15, -0.1) is 0 Å². The number of hydrogen-bond donors (Lipinski definition) is 0. The number of carbonyl (C=O) groups excluding carboxylic acids is 1. The van der Waals surface area contributed by atoms with Crippen molar-refractivity contribution >= 4 is 39.4 Å². The van der Waals surface area contributed by atoms with Crippen LogP contribution in [0.5, 0.6) is 0 Å². The Kier molecular flexibility index (Phi) is 3.36. The summed E-state index contributed by atoms with van der Waals surface area (Å²) in [6, 6.07) is 23.9. The summed E-state index contributed by atoms with van der Waals surface area (Å²) in [5.41, 5.74) is 2.68. The highest BCUT2D eigenvalue weighted by Gasteiger charge is 2.12. The van der Waals surface area contributed by atoms with E-state index in [1.54, 1.807) is 0 Å². The van der Waals surface area contributed by atoms with E-state index >= 15 is 0 Å². The SMILES string of the molecule is O=Cc1c(-c2ccc(Cl)c3ccccc23)ccc2ccccc12. The highest BCUT2D eigenvalue weighted by atomic mass is 35.5. The third-order valence-corrected chi connectivity index (χ3v) is 4.58. The van der Waals surface area contributed by atoms with Gasteiger partial charge >= 0.3 is 0 Å². The first-order chi connectivity index (χ1) is 11.3. The fraction of sp³-hybridized carbons (Fsp3) is 0. The van der Waals surface area contributed by atoms with Crippen molar-refractivity contribution in [3.63, 3.8) is 0 Å². The van der Waals surface area contributed by atoms with Gasteiger partial charge < -0.3 is 0 Å². The van der Waals surface area contributed by atoms with Gasteiger partial charge in [0.1, 0.15) is 0 Å². The summed E-state index contributed by atoms with van der Waals surface area (Å²) >= 11 is 6.32. The summed E-state index contributed by atoms with van der Waals surface area (Å²) in [5, 5.41) is 4.81. The van der Waals surface area contributed by atoms with Gasteiger partial charge in [-0.25, -0.2) is 0 Å². The molecule has 4 aromatic carbocycles. The number of benzene rings is 4. The molecule has 0 bridgehead atoms. The fourth-order valence-electron chi connectivity index (χ4n) is 3.15. The van der Waals surface area contributed by atoms with E-state index < -0.39 is 0 Å². The van der Waals surface area contributed by atoms with Gasteiger partial charge in [-0.1, -0.05) is 78.3 Å². The minimum Gasteiger partial charge on any atom is -0.298 e. The molecule has 0 aromatic heterocycles. The van der Waals surface area contributed by atoms with Gasteiger partial charge in [-0.05, 0) is 33.4 Å². The smallest absolute Gasteiger partial charge is 0.151 e. The maximum absolute atomic E-state index is 11.8. The van der Waals surface area contributed by atoms with E-state index in [9.17, 15) is 4.79 Å². The zero-order valence-electron chi connectivity index (χ0n) is 12.3. The minimum atomic E-state index is 0.718. The second-order valence-electron chi connectivity index (χ2n) is 5.51. The first-order valence-electron chi connectivity index (χ1n) is 7.44. The lowest BCUT2D eigenvalue weighted by molar-refractivity contribution is 0.112. The molecule has 0 amide bonds. The highest BCUT2D eigenvalue weighted by Crippen LogP contribution is 2.36. The largest absolute Gasteiger partial charge is 0.298 e. The normalized spacial score (nSPS) is 11.0. The molecular formula is C21H13ClO. The summed E-state index contributed by atoms with van der Waals surface area (Å²) in [5.74, 6) is 0. The molecule has 110 valence electrons. The van der Waals surface area contributed by atoms with Gasteiger partial charge in [-0.2, -0.15) is 0 Å². The average Bonchev–Trinajstić information content (AvgIpc) is 2.61. The second kappa shape index (κ2) is 5.53. The minimum absolute atomic E-state index is 0.718. The van der Waals surface area contributed by atoms with Crippen molar-refractivity contribution in [3.8, 4) is 11.1 Å². The lowest BCUT2D eigenvalue weighted by Crippen LogP contribution is -1.91. The van der Waals surface area contributed by atoms with Crippen molar-refractivity contribution in [2.75, 3.05) is 0 Å². The molecule has 0 unspecified atom stereocenters. The van der Waals surface area contributed by atoms with Gasteiger partial charge in [0.25, 0.3) is 0 Å². The molecule has 0 radical (unpaired) electrons. The molecule has 0 saturated carbocycles. The van der Waals surface area contributed by atoms with Gasteiger partial charge in [0.05, 0.1) is 0 Å². The molecule has 1 nitrogen and oxygen atoms in total. The predicted molar refractivity (Wildman–Crippen MR) is 97.3 cm³/mol. The van der Waals surface area contributed by atoms with Gasteiger partial charge in [0.2, 0.25) is 0 Å². The Balaban J connectivity index is 2.11. The van der Waals surface area contributed by atoms with E-state index in [1.807, 2.05) is 66.7 Å². The van der Waals surface area contributed by atoms with Crippen LogP contribution in [-0.4, -0.2) is 6.29 Å². The molecule has 0 heterocycles. The molecule has 0 aliphatic heterocycles. The molecule has 2 heteroatoms. The first-order valence-corrected chi connectivity index (χ1v) is 7.82. The number of aldehydes is 1. The van der Waals surface area contributed by atoms with Crippen LogP contribution < -0.4 is 0 Å². The van der Waals surface area contributed by atoms with E-state index in [0.29, 0.717) is 0 Å². The van der Waals surface area contributed by atoms with E-state index in [4.69, 9.17) is 11.6 Å². The van der Waals surface area contributed by atoms with E-state index in [1.165, 1.54) is 0 Å². The zero-order chi connectivity index (χ0) is 15.8. The van der Waals surface area contributed by atoms with Crippen LogP contribution in [0.3, 0.4) is 0 Å². The molecule has 0 atom stereocenters. The Morgan fingerprint density at radius 2 is 1.30 bits per heavy atom. The van der Waals surface area contributed by atoms with Crippen molar-refractivity contribution in [1.82, 2.24) is 0 Å². The van der Waals surface area contributed by atoms with Crippen molar-refractivity contribution in [2.24, 2.45) is 0 Å². The predicted octanol–water partition coefficient (Wildman–Crippen LogP) is 6.13. The lowest BCUT2D eigenvalue weighted by atomic mass is 9.92. The standard InChI is InChI=1S/C21H13ClO/c22-21-12-11-17(16-7-3-4-8-19(16)21)18-10-9-14-5-1-2-6-15(14)20(18)13-23/h1-13H. The molecule has 0 saturated heterocycles. The molecule has 4 rings (SSSR count). The molecule has 4 aromatic rings. The van der Waals surface area contributed by atoms with Crippen LogP contribution in [0.1, 0.15) is 10.4 Å². The third-order valence-electron chi connectivity index (χ3n) is 4.25. The number of carbonyl (C=O) groups is 1. The summed E-state index contributed by atoms with van der Waals surface area (Å²) < 4.78 is 0. The summed E-state index contributed by atoms with van der Waals surface area (Å²) in [6.07, 6.45) is 0.945. The van der Waals surface area contributed by atoms with E-state index in [2.05, 4.69) is 6.07 Å². The number of fused-ring (bicyclic) bond motifs is 2. The number of hydrogen-bond acceptors (Lipinski definition) is 1. The van der Waals surface area contributed by atoms with Crippen LogP contribution in [0.15, 0.2) is 72.8 Å². The third kappa shape index (κ3) is 2.21. The van der Waals surface area contributed by atoms with Crippen LogP contribution in [0.4, 0.5) is 0 Å². The first kappa shape index (κ1) is 14.0. The monoisotopic (exact) mass is 316 g/mol. The molecule has 0 aliphatic carbocycles. The number of rotatable bonds is 2. The quantitative estimate of drug-likeness (QED) is 0.407. The Morgan fingerprint density at radius 1 is 0.652 bits per heavy atom. The topological polar surface area (TPSA) is 17.1 Å². The summed E-state index contributed by atoms with van der Waals surface area (Å²) in [6.45, 7) is 0. The van der Waals surface area contributed by atoms with Crippen molar-refractivity contribution < 1.29 is 4.79 Å². The van der Waals surface area contributed by atoms with E-state index in [-0.39, 0.29) is 0 Å². The average molecular weight is 317 g/mol. The Bertz CT molecular complexity index is 1050. The van der Waals surface area contributed by atoms with Crippen molar-refractivity contribution in [2.45, 2.75) is 0 Å². The molecule has 0 fully saturated rings. The molecule has 23 heavy (non-hydrogen) atoms. The summed E-state index contributed by atoms with van der Waals surface area (Å²) in [4.78, 5) is 11.8. The maximum Gasteiger partial charge on any atom is 0.151 e. The summed E-state index contributed by atoms with van der Waals surface area (Å²) in [7, 11) is 0. The van der Waals surface area contributed by atoms with Gasteiger partial charge in [0.15, 0.2) is 6.29 Å². The maximum atomic E-state index is 11.8. The van der Waals surface area contributed by atoms with Crippen LogP contribution in [0.25, 0.3) is 32.7 Å². The molecule has 0 N–H and O–H groups in total. The van der Waals surface area contributed by atoms with Crippen LogP contribution >= 0.6 is 11.6 Å². The lowest BCUT2D eigenvalue weighted by Gasteiger charge is -2.12. The van der Waals surface area contributed by atoms with E-state index in [0.717, 1.165) is 49.5 Å². The second-order valence-corrected chi connectivity index (χ2v) is 5.91. The van der Waals surface area contributed by atoms with Crippen LogP contribution in [0, 0.1) is 0 Å². The van der Waals surface area contributed by atoms with Gasteiger partial charge in [0, 0.05) is 16.0 Å². The fourth-order valence-corrected chi connectivity index (χ4v) is 3.38. The van der Waals surface area contributed by atoms with Crippen molar-refractivity contribution in [1.29, 1.82) is 0 Å². The van der Waals surface area contributed by atoms with Crippen molar-refractivity contribution in [3.05, 3.63) is 83.4 Å².